The predicted octanol–water partition coefficient (Wildman–Crippen LogP) is 5.26. The summed E-state index contributed by atoms with van der Waals surface area (Å²) in [5.41, 5.74) is 4.46. The van der Waals surface area contributed by atoms with E-state index in [4.69, 9.17) is 0 Å². The van der Waals surface area contributed by atoms with Crippen molar-refractivity contribution in [2.75, 3.05) is 31.1 Å². The molecule has 0 spiro atoms. The van der Waals surface area contributed by atoms with Gasteiger partial charge < -0.3 is 9.80 Å². The number of carbonyl (C=O) groups excluding carboxylic acids is 1. The Balaban J connectivity index is 1.11. The molecule has 13 heteroatoms. The Morgan fingerprint density at radius 3 is 2.33 bits per heavy atom. The summed E-state index contributed by atoms with van der Waals surface area (Å²) in [4.78, 5) is 36.4. The Bertz CT molecular complexity index is 1700. The third kappa shape index (κ3) is 5.87. The molecule has 11 nitrogen and oxygen atoms in total. The lowest BCUT2D eigenvalue weighted by Crippen LogP contribution is -2.48. The highest BCUT2D eigenvalue weighted by Gasteiger charge is 2.25. The molecule has 212 valence electrons. The predicted molar refractivity (Wildman–Crippen MR) is 162 cm³/mol. The molecule has 0 unspecified atom stereocenters. The molecule has 42 heavy (non-hydrogen) atoms. The van der Waals surface area contributed by atoms with E-state index in [0.29, 0.717) is 37.6 Å². The van der Waals surface area contributed by atoms with E-state index in [1.807, 2.05) is 27.0 Å². The number of benzene rings is 2. The molecule has 1 amide bonds. The monoisotopic (exact) mass is 598 g/mol. The van der Waals surface area contributed by atoms with Crippen LogP contribution in [0.1, 0.15) is 21.1 Å². The van der Waals surface area contributed by atoms with Crippen molar-refractivity contribution >= 4 is 40.4 Å². The van der Waals surface area contributed by atoms with E-state index < -0.39 is 4.92 Å². The van der Waals surface area contributed by atoms with Crippen LogP contribution in [0.15, 0.2) is 83.6 Å². The minimum Gasteiger partial charge on any atom is -0.368 e. The first kappa shape index (κ1) is 27.5. The van der Waals surface area contributed by atoms with E-state index in [1.54, 1.807) is 24.5 Å². The number of thioether (sulfide) groups is 1. The molecule has 4 heterocycles. The summed E-state index contributed by atoms with van der Waals surface area (Å²) >= 11 is 2.98. The van der Waals surface area contributed by atoms with Gasteiger partial charge in [-0.3, -0.25) is 24.5 Å². The zero-order valence-electron chi connectivity index (χ0n) is 22.7. The second kappa shape index (κ2) is 12.1. The minimum atomic E-state index is -0.407. The van der Waals surface area contributed by atoms with Crippen molar-refractivity contribution in [3.05, 3.63) is 105 Å². The fourth-order valence-corrected chi connectivity index (χ4v) is 6.43. The van der Waals surface area contributed by atoms with Gasteiger partial charge in [0.1, 0.15) is 10.7 Å². The number of amides is 1. The molecular formula is C29H26N8O3S2. The van der Waals surface area contributed by atoms with Gasteiger partial charge in [0.2, 0.25) is 0 Å². The number of nitro groups is 1. The number of thiazole rings is 1. The van der Waals surface area contributed by atoms with Gasteiger partial charge in [-0.25, -0.2) is 4.98 Å². The number of carbonyl (C=O) groups is 1. The van der Waals surface area contributed by atoms with Crippen molar-refractivity contribution in [1.82, 2.24) is 29.6 Å². The van der Waals surface area contributed by atoms with E-state index in [0.717, 1.165) is 32.9 Å². The number of aromatic nitrogens is 5. The molecule has 5 aromatic rings. The van der Waals surface area contributed by atoms with Gasteiger partial charge in [0.15, 0.2) is 11.0 Å². The molecule has 0 atom stereocenters. The fourth-order valence-electron chi connectivity index (χ4n) is 4.69. The van der Waals surface area contributed by atoms with E-state index in [9.17, 15) is 14.9 Å². The van der Waals surface area contributed by atoms with E-state index in [-0.39, 0.29) is 11.6 Å². The molecule has 3 aromatic heterocycles. The van der Waals surface area contributed by atoms with E-state index in [1.165, 1.54) is 40.8 Å². The maximum atomic E-state index is 13.2. The molecule has 1 saturated heterocycles. The zero-order valence-corrected chi connectivity index (χ0v) is 24.3. The molecule has 0 N–H and O–H groups in total. The van der Waals surface area contributed by atoms with Crippen molar-refractivity contribution in [2.45, 2.75) is 17.8 Å². The summed E-state index contributed by atoms with van der Waals surface area (Å²) in [6, 6.07) is 18.6. The van der Waals surface area contributed by atoms with Crippen LogP contribution in [-0.2, 0) is 5.75 Å². The van der Waals surface area contributed by atoms with Crippen LogP contribution in [0.4, 0.5) is 11.4 Å². The quantitative estimate of drug-likeness (QED) is 0.134. The van der Waals surface area contributed by atoms with Crippen molar-refractivity contribution in [1.29, 1.82) is 0 Å². The lowest BCUT2D eigenvalue weighted by Gasteiger charge is -2.35. The number of rotatable bonds is 8. The second-order valence-corrected chi connectivity index (χ2v) is 11.6. The van der Waals surface area contributed by atoms with E-state index in [2.05, 4.69) is 56.3 Å². The normalized spacial score (nSPS) is 13.4. The first-order valence-corrected chi connectivity index (χ1v) is 15.1. The van der Waals surface area contributed by atoms with Gasteiger partial charge in [-0.1, -0.05) is 29.5 Å². The molecular weight excluding hydrogens is 573 g/mol. The number of hydrogen-bond donors (Lipinski definition) is 0. The molecule has 1 aliphatic rings. The molecule has 6 rings (SSSR count). The summed E-state index contributed by atoms with van der Waals surface area (Å²) in [6.07, 6.45) is 3.47. The summed E-state index contributed by atoms with van der Waals surface area (Å²) in [5.74, 6) is 1.19. The lowest BCUT2D eigenvalue weighted by molar-refractivity contribution is -0.384. The van der Waals surface area contributed by atoms with Crippen molar-refractivity contribution in [2.24, 2.45) is 0 Å². The minimum absolute atomic E-state index is 0.0645. The number of non-ortho nitro benzene ring substituents is 1. The number of hydrogen-bond acceptors (Lipinski definition) is 10. The molecule has 0 aliphatic carbocycles. The summed E-state index contributed by atoms with van der Waals surface area (Å²) in [5, 5.41) is 23.3. The SMILES string of the molecule is Cc1ccc(-n2c(SCc3nc(C(=O)N4CCN(c5ccc([N+](=O)[O-])cc5)CC4)cs3)nnc2-c2ccncc2)cc1. The van der Waals surface area contributed by atoms with Crippen LogP contribution < -0.4 is 4.90 Å². The topological polar surface area (TPSA) is 123 Å². The van der Waals surface area contributed by atoms with Crippen LogP contribution in [0.2, 0.25) is 0 Å². The molecule has 0 bridgehead atoms. The highest BCUT2D eigenvalue weighted by atomic mass is 32.2. The van der Waals surface area contributed by atoms with E-state index >= 15 is 0 Å². The zero-order chi connectivity index (χ0) is 29.1. The van der Waals surface area contributed by atoms with Crippen molar-refractivity contribution < 1.29 is 9.72 Å². The molecule has 1 fully saturated rings. The number of anilines is 1. The number of pyridine rings is 1. The van der Waals surface area contributed by atoms with Crippen LogP contribution in [0, 0.1) is 17.0 Å². The Morgan fingerprint density at radius 1 is 0.952 bits per heavy atom. The van der Waals surface area contributed by atoms with Crippen LogP contribution >= 0.6 is 23.1 Å². The number of nitro benzene ring substituents is 1. The first-order chi connectivity index (χ1) is 20.5. The average Bonchev–Trinajstić information content (AvgIpc) is 3.68. The fraction of sp³-hybridized carbons (Fsp3) is 0.207. The highest BCUT2D eigenvalue weighted by Crippen LogP contribution is 2.31. The standard InChI is InChI=1S/C29H26N8O3S2/c1-20-2-4-23(5-3-20)36-27(21-10-12-30-13-11-21)32-33-29(36)42-19-26-31-25(18-41-26)28(38)35-16-14-34(15-17-35)22-6-8-24(9-7-22)37(39)40/h2-13,18H,14-17,19H2,1H3. The number of aryl methyl sites for hydroxylation is 1. The highest BCUT2D eigenvalue weighted by molar-refractivity contribution is 7.98. The maximum Gasteiger partial charge on any atom is 0.273 e. The molecule has 1 aliphatic heterocycles. The second-order valence-electron chi connectivity index (χ2n) is 9.68. The van der Waals surface area contributed by atoms with Gasteiger partial charge in [-0.15, -0.1) is 21.5 Å². The van der Waals surface area contributed by atoms with Gasteiger partial charge in [0.25, 0.3) is 11.6 Å². The largest absolute Gasteiger partial charge is 0.368 e. The molecule has 2 aromatic carbocycles. The van der Waals surface area contributed by atoms with Gasteiger partial charge in [-0.2, -0.15) is 0 Å². The van der Waals surface area contributed by atoms with Crippen LogP contribution in [0.25, 0.3) is 17.1 Å². The summed E-state index contributed by atoms with van der Waals surface area (Å²) in [7, 11) is 0. The first-order valence-electron chi connectivity index (χ1n) is 13.2. The third-order valence-electron chi connectivity index (χ3n) is 6.95. The van der Waals surface area contributed by atoms with Crippen LogP contribution in [-0.4, -0.2) is 66.6 Å². The lowest BCUT2D eigenvalue weighted by atomic mass is 10.2. The number of nitrogens with zero attached hydrogens (tertiary/aromatic N) is 8. The van der Waals surface area contributed by atoms with Crippen molar-refractivity contribution in [3.63, 3.8) is 0 Å². The Labute approximate surface area is 250 Å². The average molecular weight is 599 g/mol. The van der Waals surface area contributed by atoms with Crippen LogP contribution in [0.5, 0.6) is 0 Å². The van der Waals surface area contributed by atoms with Gasteiger partial charge in [0, 0.05) is 73.0 Å². The van der Waals surface area contributed by atoms with Gasteiger partial charge >= 0.3 is 0 Å². The summed E-state index contributed by atoms with van der Waals surface area (Å²) < 4.78 is 2.03. The molecule has 0 radical (unpaired) electrons. The molecule has 0 saturated carbocycles. The third-order valence-corrected chi connectivity index (χ3v) is 8.92. The smallest absolute Gasteiger partial charge is 0.273 e. The Morgan fingerprint density at radius 2 is 1.64 bits per heavy atom. The van der Waals surface area contributed by atoms with Gasteiger partial charge in [0.05, 0.1) is 10.7 Å². The summed E-state index contributed by atoms with van der Waals surface area (Å²) in [6.45, 7) is 4.44. The number of piperazine rings is 1. The van der Waals surface area contributed by atoms with Gasteiger partial charge in [-0.05, 0) is 43.3 Å². The maximum absolute atomic E-state index is 13.2. The van der Waals surface area contributed by atoms with Crippen LogP contribution in [0.3, 0.4) is 0 Å². The Kier molecular flexibility index (Phi) is 7.93. The Hall–Kier alpha value is -4.62. The van der Waals surface area contributed by atoms with Crippen molar-refractivity contribution in [3.8, 4) is 17.1 Å².